The van der Waals surface area contributed by atoms with Crippen LogP contribution in [0.1, 0.15) is 51.3 Å². The van der Waals surface area contributed by atoms with Gasteiger partial charge >= 0.3 is 0 Å². The number of halogens is 1. The van der Waals surface area contributed by atoms with Crippen LogP contribution in [0.15, 0.2) is 10.7 Å². The van der Waals surface area contributed by atoms with Crippen molar-refractivity contribution in [3.63, 3.8) is 0 Å². The number of aromatic nitrogens is 2. The molecule has 5 heteroatoms. The average Bonchev–Trinajstić information content (AvgIpc) is 3.06. The van der Waals surface area contributed by atoms with Gasteiger partial charge in [0.15, 0.2) is 0 Å². The van der Waals surface area contributed by atoms with Gasteiger partial charge in [0.2, 0.25) is 0 Å². The lowest BCUT2D eigenvalue weighted by Gasteiger charge is -2.23. The van der Waals surface area contributed by atoms with Crippen LogP contribution in [0.4, 0.5) is 0 Å². The van der Waals surface area contributed by atoms with E-state index in [2.05, 4.69) is 44.9 Å². The molecule has 0 aromatic carbocycles. The van der Waals surface area contributed by atoms with Crippen LogP contribution in [0.25, 0.3) is 0 Å². The Labute approximate surface area is 130 Å². The lowest BCUT2D eigenvalue weighted by molar-refractivity contribution is 0.181. The van der Waals surface area contributed by atoms with Crippen LogP contribution in [0, 0.1) is 5.92 Å². The van der Waals surface area contributed by atoms with Crippen LogP contribution < -0.4 is 5.32 Å². The van der Waals surface area contributed by atoms with Gasteiger partial charge in [-0.05, 0) is 54.1 Å². The second-order valence-electron chi connectivity index (χ2n) is 5.57. The standard InChI is InChI=1S/C15H26BrN3O/c1-3-6-17-14(9-12-5-8-20-11-12)15-13(16)10-18-19(15)7-4-2/h10,12,14,17H,3-9,11H2,1-2H3. The summed E-state index contributed by atoms with van der Waals surface area (Å²) in [4.78, 5) is 0. The van der Waals surface area contributed by atoms with Crippen LogP contribution in [-0.4, -0.2) is 29.5 Å². The van der Waals surface area contributed by atoms with Crippen molar-refractivity contribution in [3.8, 4) is 0 Å². The molecule has 2 rings (SSSR count). The van der Waals surface area contributed by atoms with Gasteiger partial charge in [-0.2, -0.15) is 5.10 Å². The van der Waals surface area contributed by atoms with E-state index < -0.39 is 0 Å². The molecule has 2 heterocycles. The molecule has 1 aromatic rings. The lowest BCUT2D eigenvalue weighted by Crippen LogP contribution is -2.27. The lowest BCUT2D eigenvalue weighted by atomic mass is 9.97. The van der Waals surface area contributed by atoms with Gasteiger partial charge in [-0.25, -0.2) is 0 Å². The highest BCUT2D eigenvalue weighted by atomic mass is 79.9. The Morgan fingerprint density at radius 1 is 1.50 bits per heavy atom. The number of rotatable bonds is 8. The van der Waals surface area contributed by atoms with Crippen LogP contribution in [0.3, 0.4) is 0 Å². The molecule has 1 aliphatic rings. The van der Waals surface area contributed by atoms with Crippen molar-refractivity contribution >= 4 is 15.9 Å². The van der Waals surface area contributed by atoms with Gasteiger partial charge in [-0.3, -0.25) is 4.68 Å². The van der Waals surface area contributed by atoms with Crippen molar-refractivity contribution in [2.24, 2.45) is 5.92 Å². The Balaban J connectivity index is 2.13. The summed E-state index contributed by atoms with van der Waals surface area (Å²) >= 11 is 3.67. The number of hydrogen-bond donors (Lipinski definition) is 1. The third-order valence-corrected chi connectivity index (χ3v) is 4.44. The number of aryl methyl sites for hydroxylation is 1. The van der Waals surface area contributed by atoms with E-state index in [0.29, 0.717) is 12.0 Å². The zero-order valence-corrected chi connectivity index (χ0v) is 14.2. The molecule has 1 fully saturated rings. The molecule has 1 aliphatic heterocycles. The molecule has 2 unspecified atom stereocenters. The fourth-order valence-electron chi connectivity index (χ4n) is 2.82. The van der Waals surface area contributed by atoms with E-state index in [1.165, 1.54) is 12.1 Å². The minimum atomic E-state index is 0.366. The molecule has 1 saturated heterocycles. The van der Waals surface area contributed by atoms with Gasteiger partial charge in [-0.15, -0.1) is 0 Å². The highest BCUT2D eigenvalue weighted by molar-refractivity contribution is 9.10. The Kier molecular flexibility index (Phi) is 6.52. The Hall–Kier alpha value is -0.390. The molecule has 0 saturated carbocycles. The molecule has 0 bridgehead atoms. The molecule has 0 aliphatic carbocycles. The maximum Gasteiger partial charge on any atom is 0.0695 e. The molecule has 2 atom stereocenters. The summed E-state index contributed by atoms with van der Waals surface area (Å²) in [5.41, 5.74) is 1.30. The van der Waals surface area contributed by atoms with Gasteiger partial charge in [-0.1, -0.05) is 13.8 Å². The molecule has 4 nitrogen and oxygen atoms in total. The van der Waals surface area contributed by atoms with Crippen molar-refractivity contribution in [2.45, 2.75) is 52.1 Å². The van der Waals surface area contributed by atoms with E-state index >= 15 is 0 Å². The first kappa shape index (κ1) is 16.0. The van der Waals surface area contributed by atoms with Gasteiger partial charge in [0, 0.05) is 19.8 Å². The second-order valence-corrected chi connectivity index (χ2v) is 6.43. The predicted octanol–water partition coefficient (Wildman–Crippen LogP) is 3.52. The topological polar surface area (TPSA) is 39.1 Å². The first-order valence-corrected chi connectivity index (χ1v) is 8.57. The van der Waals surface area contributed by atoms with E-state index in [1.807, 2.05) is 6.20 Å². The zero-order valence-electron chi connectivity index (χ0n) is 12.6. The third-order valence-electron chi connectivity index (χ3n) is 3.83. The van der Waals surface area contributed by atoms with Crippen LogP contribution in [-0.2, 0) is 11.3 Å². The van der Waals surface area contributed by atoms with E-state index in [-0.39, 0.29) is 0 Å². The summed E-state index contributed by atoms with van der Waals surface area (Å²) in [7, 11) is 0. The Morgan fingerprint density at radius 3 is 3.00 bits per heavy atom. The summed E-state index contributed by atoms with van der Waals surface area (Å²) in [6.45, 7) is 8.25. The number of nitrogens with one attached hydrogen (secondary N) is 1. The monoisotopic (exact) mass is 343 g/mol. The first-order valence-electron chi connectivity index (χ1n) is 7.78. The minimum absolute atomic E-state index is 0.366. The number of nitrogens with zero attached hydrogens (tertiary/aromatic N) is 2. The molecular weight excluding hydrogens is 318 g/mol. The first-order chi connectivity index (χ1) is 9.76. The fourth-order valence-corrected chi connectivity index (χ4v) is 3.39. The van der Waals surface area contributed by atoms with E-state index in [9.17, 15) is 0 Å². The van der Waals surface area contributed by atoms with Crippen LogP contribution in [0.2, 0.25) is 0 Å². The Morgan fingerprint density at radius 2 is 2.35 bits per heavy atom. The Bertz CT molecular complexity index is 402. The van der Waals surface area contributed by atoms with Gasteiger partial charge < -0.3 is 10.1 Å². The molecule has 0 spiro atoms. The quantitative estimate of drug-likeness (QED) is 0.784. The maximum absolute atomic E-state index is 5.53. The highest BCUT2D eigenvalue weighted by Crippen LogP contribution is 2.31. The molecule has 1 N–H and O–H groups in total. The summed E-state index contributed by atoms with van der Waals surface area (Å²) in [5, 5.41) is 8.20. The van der Waals surface area contributed by atoms with Crippen molar-refractivity contribution < 1.29 is 4.74 Å². The maximum atomic E-state index is 5.53. The van der Waals surface area contributed by atoms with Crippen LogP contribution in [0.5, 0.6) is 0 Å². The van der Waals surface area contributed by atoms with Gasteiger partial charge in [0.1, 0.15) is 0 Å². The van der Waals surface area contributed by atoms with Gasteiger partial charge in [0.05, 0.1) is 22.4 Å². The normalized spacial score (nSPS) is 20.4. The minimum Gasteiger partial charge on any atom is -0.381 e. The molecule has 0 radical (unpaired) electrons. The van der Waals surface area contributed by atoms with Crippen LogP contribution >= 0.6 is 15.9 Å². The smallest absolute Gasteiger partial charge is 0.0695 e. The van der Waals surface area contributed by atoms with E-state index in [0.717, 1.165) is 50.0 Å². The largest absolute Gasteiger partial charge is 0.381 e. The average molecular weight is 344 g/mol. The number of ether oxygens (including phenoxy) is 1. The summed E-state index contributed by atoms with van der Waals surface area (Å²) in [6.07, 6.45) is 6.50. The number of hydrogen-bond acceptors (Lipinski definition) is 3. The van der Waals surface area contributed by atoms with E-state index in [4.69, 9.17) is 4.74 Å². The SMILES string of the molecule is CCCNC(CC1CCOC1)c1c(Br)cnn1CCC. The molecule has 0 amide bonds. The van der Waals surface area contributed by atoms with Gasteiger partial charge in [0.25, 0.3) is 0 Å². The fraction of sp³-hybridized carbons (Fsp3) is 0.800. The van der Waals surface area contributed by atoms with Crippen molar-refractivity contribution in [2.75, 3.05) is 19.8 Å². The zero-order chi connectivity index (χ0) is 14.4. The second kappa shape index (κ2) is 8.15. The highest BCUT2D eigenvalue weighted by Gasteiger charge is 2.25. The molecule has 1 aromatic heterocycles. The molecular formula is C15H26BrN3O. The molecule has 20 heavy (non-hydrogen) atoms. The summed E-state index contributed by atoms with van der Waals surface area (Å²) < 4.78 is 8.80. The summed E-state index contributed by atoms with van der Waals surface area (Å²) in [5.74, 6) is 0.668. The van der Waals surface area contributed by atoms with Crippen molar-refractivity contribution in [1.29, 1.82) is 0 Å². The predicted molar refractivity (Wildman–Crippen MR) is 84.8 cm³/mol. The summed E-state index contributed by atoms with van der Waals surface area (Å²) in [6, 6.07) is 0.366. The van der Waals surface area contributed by atoms with Crippen molar-refractivity contribution in [1.82, 2.24) is 15.1 Å². The molecule has 114 valence electrons. The van der Waals surface area contributed by atoms with E-state index in [1.54, 1.807) is 0 Å². The third kappa shape index (κ3) is 4.06. The van der Waals surface area contributed by atoms with Crippen molar-refractivity contribution in [3.05, 3.63) is 16.4 Å².